The van der Waals surface area contributed by atoms with Gasteiger partial charge >= 0.3 is 0 Å². The quantitative estimate of drug-likeness (QED) is 0.367. The predicted molar refractivity (Wildman–Crippen MR) is 118 cm³/mol. The summed E-state index contributed by atoms with van der Waals surface area (Å²) in [5, 5.41) is 4.32. The van der Waals surface area contributed by atoms with E-state index in [1.807, 2.05) is 12.1 Å². The number of ether oxygens (including phenoxy) is 1. The molecule has 0 fully saturated rings. The number of hydrogen-bond acceptors (Lipinski definition) is 3. The molecule has 0 aromatic heterocycles. The Morgan fingerprint density at radius 1 is 1.30 bits per heavy atom. The summed E-state index contributed by atoms with van der Waals surface area (Å²) in [4.78, 5) is 2.23. The molecule has 2 unspecified atom stereocenters. The number of halogens is 1. The van der Waals surface area contributed by atoms with E-state index in [0.717, 1.165) is 40.1 Å². The van der Waals surface area contributed by atoms with Gasteiger partial charge in [0.1, 0.15) is 0 Å². The van der Waals surface area contributed by atoms with E-state index in [1.54, 1.807) is 7.11 Å². The van der Waals surface area contributed by atoms with Crippen LogP contribution in [0.1, 0.15) is 43.9 Å². The highest BCUT2D eigenvalue weighted by atomic mass is 35.5. The first-order valence-corrected chi connectivity index (χ1v) is 9.90. The lowest BCUT2D eigenvalue weighted by Crippen LogP contribution is -2.40. The van der Waals surface area contributed by atoms with Crippen LogP contribution in [0.25, 0.3) is 0 Å². The molecule has 1 aromatic rings. The smallest absolute Gasteiger partial charge is 0.0658 e. The van der Waals surface area contributed by atoms with Crippen molar-refractivity contribution >= 4 is 11.6 Å². The monoisotopic (exact) mass is 390 g/mol. The molecule has 1 rings (SSSR count). The maximum Gasteiger partial charge on any atom is 0.0658 e. The molecule has 0 saturated carbocycles. The average Bonchev–Trinajstić information content (AvgIpc) is 2.61. The number of nitrogens with one attached hydrogen (secondary N) is 1. The number of likely N-dealkylation sites (N-methyl/N-ethyl adjacent to an activating group) is 1. The molecule has 0 aliphatic rings. The maximum atomic E-state index is 6.23. The highest BCUT2D eigenvalue weighted by Crippen LogP contribution is 2.21. The molecular formula is C23H35ClN2O. The number of aryl methyl sites for hydroxylation is 1. The number of benzene rings is 1. The fraction of sp³-hybridized carbons (Fsp3) is 0.478. The molecule has 27 heavy (non-hydrogen) atoms. The lowest BCUT2D eigenvalue weighted by molar-refractivity contribution is 0.152. The van der Waals surface area contributed by atoms with Crippen molar-refractivity contribution in [3.05, 3.63) is 70.8 Å². The van der Waals surface area contributed by atoms with Gasteiger partial charge in [0.25, 0.3) is 0 Å². The SMILES string of the molecule is C=C(/C=C\C(=C)C(C)N(C)CNC(COC)c1cc(C)cc(Cl)c1)CCC. The predicted octanol–water partition coefficient (Wildman–Crippen LogP) is 5.67. The largest absolute Gasteiger partial charge is 0.383 e. The normalized spacial score (nSPS) is 13.9. The highest BCUT2D eigenvalue weighted by molar-refractivity contribution is 6.30. The van der Waals surface area contributed by atoms with Gasteiger partial charge in [-0.25, -0.2) is 0 Å². The van der Waals surface area contributed by atoms with Crippen LogP contribution in [0.3, 0.4) is 0 Å². The minimum absolute atomic E-state index is 0.0789. The van der Waals surface area contributed by atoms with Gasteiger partial charge < -0.3 is 4.74 Å². The van der Waals surface area contributed by atoms with E-state index in [9.17, 15) is 0 Å². The molecule has 3 nitrogen and oxygen atoms in total. The van der Waals surface area contributed by atoms with Crippen LogP contribution in [0.5, 0.6) is 0 Å². The molecule has 0 aliphatic heterocycles. The van der Waals surface area contributed by atoms with E-state index in [2.05, 4.69) is 69.4 Å². The van der Waals surface area contributed by atoms with Crippen LogP contribution in [0.2, 0.25) is 5.02 Å². The zero-order chi connectivity index (χ0) is 20.4. The Balaban J connectivity index is 2.68. The van der Waals surface area contributed by atoms with Crippen molar-refractivity contribution in [2.75, 3.05) is 27.4 Å². The summed E-state index contributed by atoms with van der Waals surface area (Å²) in [6.07, 6.45) is 6.28. The van der Waals surface area contributed by atoms with Crippen LogP contribution in [0.4, 0.5) is 0 Å². The summed E-state index contributed by atoms with van der Waals surface area (Å²) in [7, 11) is 3.80. The van der Waals surface area contributed by atoms with Gasteiger partial charge in [-0.15, -0.1) is 0 Å². The first-order valence-electron chi connectivity index (χ1n) is 9.52. The van der Waals surface area contributed by atoms with Gasteiger partial charge in [-0.1, -0.05) is 61.9 Å². The van der Waals surface area contributed by atoms with Gasteiger partial charge in [0.05, 0.1) is 12.6 Å². The molecule has 0 radical (unpaired) electrons. The second-order valence-electron chi connectivity index (χ2n) is 7.18. The third-order valence-electron chi connectivity index (χ3n) is 4.69. The first kappa shape index (κ1) is 23.6. The van der Waals surface area contributed by atoms with E-state index in [0.29, 0.717) is 13.3 Å². The Morgan fingerprint density at radius 2 is 2.00 bits per heavy atom. The Morgan fingerprint density at radius 3 is 2.59 bits per heavy atom. The molecule has 1 N–H and O–H groups in total. The number of allylic oxidation sites excluding steroid dienone is 2. The third-order valence-corrected chi connectivity index (χ3v) is 4.91. The molecule has 0 saturated heterocycles. The van der Waals surface area contributed by atoms with E-state index in [4.69, 9.17) is 16.3 Å². The Hall–Kier alpha value is -1.39. The topological polar surface area (TPSA) is 24.5 Å². The third kappa shape index (κ3) is 8.44. The van der Waals surface area contributed by atoms with Gasteiger partial charge in [-0.2, -0.15) is 0 Å². The zero-order valence-corrected chi connectivity index (χ0v) is 18.3. The molecular weight excluding hydrogens is 356 g/mol. The lowest BCUT2D eigenvalue weighted by atomic mass is 10.0. The summed E-state index contributed by atoms with van der Waals surface area (Å²) < 4.78 is 5.40. The fourth-order valence-corrected chi connectivity index (χ4v) is 3.15. The van der Waals surface area contributed by atoms with Crippen LogP contribution in [0, 0.1) is 6.92 Å². The molecule has 0 heterocycles. The Labute approximate surface area is 170 Å². The fourth-order valence-electron chi connectivity index (χ4n) is 2.85. The minimum atomic E-state index is 0.0789. The summed E-state index contributed by atoms with van der Waals surface area (Å²) in [6, 6.07) is 6.40. The molecule has 0 spiro atoms. The van der Waals surface area contributed by atoms with Crippen molar-refractivity contribution in [1.29, 1.82) is 0 Å². The van der Waals surface area contributed by atoms with Crippen molar-refractivity contribution < 1.29 is 4.74 Å². The van der Waals surface area contributed by atoms with E-state index in [1.165, 1.54) is 0 Å². The summed E-state index contributed by atoms with van der Waals surface area (Å²) in [5.74, 6) is 0. The van der Waals surface area contributed by atoms with Gasteiger partial charge in [0.15, 0.2) is 0 Å². The summed E-state index contributed by atoms with van der Waals surface area (Å²) in [5.41, 5.74) is 4.49. The lowest BCUT2D eigenvalue weighted by Gasteiger charge is -2.28. The number of rotatable bonds is 12. The number of methoxy groups -OCH3 is 1. The first-order chi connectivity index (χ1) is 12.8. The molecule has 0 amide bonds. The van der Waals surface area contributed by atoms with E-state index in [-0.39, 0.29) is 12.1 Å². The van der Waals surface area contributed by atoms with Crippen LogP contribution >= 0.6 is 11.6 Å². The number of hydrogen-bond donors (Lipinski definition) is 1. The van der Waals surface area contributed by atoms with Gasteiger partial charge in [0, 0.05) is 24.8 Å². The second kappa shape index (κ2) is 12.1. The second-order valence-corrected chi connectivity index (χ2v) is 7.62. The molecule has 0 bridgehead atoms. The maximum absolute atomic E-state index is 6.23. The van der Waals surface area contributed by atoms with Crippen molar-refractivity contribution in [3.8, 4) is 0 Å². The highest BCUT2D eigenvalue weighted by Gasteiger charge is 2.16. The average molecular weight is 391 g/mol. The summed E-state index contributed by atoms with van der Waals surface area (Å²) in [6.45, 7) is 15.9. The molecule has 2 atom stereocenters. The number of nitrogens with zero attached hydrogens (tertiary/aromatic N) is 1. The van der Waals surface area contributed by atoms with Crippen molar-refractivity contribution in [2.45, 2.75) is 45.7 Å². The molecule has 1 aromatic carbocycles. The van der Waals surface area contributed by atoms with Crippen LogP contribution in [0.15, 0.2) is 54.7 Å². The van der Waals surface area contributed by atoms with Gasteiger partial charge in [-0.3, -0.25) is 10.2 Å². The van der Waals surface area contributed by atoms with Crippen molar-refractivity contribution in [1.82, 2.24) is 10.2 Å². The van der Waals surface area contributed by atoms with E-state index >= 15 is 0 Å². The van der Waals surface area contributed by atoms with Crippen LogP contribution < -0.4 is 5.32 Å². The van der Waals surface area contributed by atoms with Crippen LogP contribution in [-0.2, 0) is 4.74 Å². The van der Waals surface area contributed by atoms with Gasteiger partial charge in [0.2, 0.25) is 0 Å². The standard InChI is InChI=1S/C23H35ClN2O/c1-8-9-17(2)10-11-19(4)20(5)26(6)16-25-23(15-27-7)21-12-18(3)13-22(24)14-21/h10-14,20,23,25H,2,4,8-9,15-16H2,1,3,5-7H3/b11-10-. The Kier molecular flexibility index (Phi) is 10.6. The molecule has 0 aliphatic carbocycles. The molecule has 4 heteroatoms. The minimum Gasteiger partial charge on any atom is -0.383 e. The Bertz CT molecular complexity index is 634. The van der Waals surface area contributed by atoms with Crippen LogP contribution in [-0.4, -0.2) is 38.4 Å². The summed E-state index contributed by atoms with van der Waals surface area (Å²) >= 11 is 6.23. The zero-order valence-electron chi connectivity index (χ0n) is 17.5. The van der Waals surface area contributed by atoms with Crippen molar-refractivity contribution in [3.63, 3.8) is 0 Å². The van der Waals surface area contributed by atoms with Crippen molar-refractivity contribution in [2.24, 2.45) is 0 Å². The molecule has 150 valence electrons. The van der Waals surface area contributed by atoms with Gasteiger partial charge in [-0.05, 0) is 56.1 Å². The van der Waals surface area contributed by atoms with E-state index < -0.39 is 0 Å².